The van der Waals surface area contributed by atoms with Crippen LogP contribution >= 0.6 is 0 Å². The Labute approximate surface area is 86.3 Å². The summed E-state index contributed by atoms with van der Waals surface area (Å²) in [7, 11) is 0. The summed E-state index contributed by atoms with van der Waals surface area (Å²) in [6, 6.07) is 0. The maximum atomic E-state index is 11.6. The molecular formula is C10H9N3O2. The van der Waals surface area contributed by atoms with Gasteiger partial charge in [-0.25, -0.2) is 5.01 Å². The molecular weight excluding hydrogens is 194 g/mol. The van der Waals surface area contributed by atoms with Gasteiger partial charge in [-0.15, -0.1) is 0 Å². The number of hydrazine groups is 1. The molecule has 0 aromatic heterocycles. The van der Waals surface area contributed by atoms with Crippen LogP contribution in [0.15, 0.2) is 28.5 Å². The summed E-state index contributed by atoms with van der Waals surface area (Å²) in [5.41, 5.74) is 1.45. The highest BCUT2D eigenvalue weighted by molar-refractivity contribution is 6.13. The van der Waals surface area contributed by atoms with Crippen LogP contribution in [0.5, 0.6) is 0 Å². The van der Waals surface area contributed by atoms with Gasteiger partial charge in [-0.05, 0) is 6.08 Å². The Bertz CT molecular complexity index is 448. The molecule has 0 N–H and O–H groups in total. The third kappa shape index (κ3) is 1.12. The van der Waals surface area contributed by atoms with E-state index >= 15 is 0 Å². The zero-order valence-electron chi connectivity index (χ0n) is 8.01. The van der Waals surface area contributed by atoms with E-state index in [1.54, 1.807) is 23.6 Å². The first-order chi connectivity index (χ1) is 7.25. The first-order valence-corrected chi connectivity index (χ1v) is 4.78. The van der Waals surface area contributed by atoms with Crippen LogP contribution in [-0.4, -0.2) is 34.6 Å². The molecule has 0 radical (unpaired) electrons. The average molecular weight is 203 g/mol. The Kier molecular flexibility index (Phi) is 1.56. The summed E-state index contributed by atoms with van der Waals surface area (Å²) in [6.45, 7) is 0.490. The van der Waals surface area contributed by atoms with Crippen molar-refractivity contribution in [1.82, 2.24) is 10.0 Å². The monoisotopic (exact) mass is 203 g/mol. The molecule has 0 saturated carbocycles. The predicted molar refractivity (Wildman–Crippen MR) is 52.5 cm³/mol. The highest BCUT2D eigenvalue weighted by atomic mass is 16.1. The molecule has 0 aromatic carbocycles. The SMILES string of the molecule is O=C1CC(=O)C2=C(C1)N1CN=CN1C=C2. The second-order valence-corrected chi connectivity index (χ2v) is 3.71. The fraction of sp³-hybridized carbons (Fsp3) is 0.300. The average Bonchev–Trinajstić information content (AvgIpc) is 2.65. The van der Waals surface area contributed by atoms with Gasteiger partial charge in [0.15, 0.2) is 5.78 Å². The van der Waals surface area contributed by atoms with Gasteiger partial charge >= 0.3 is 0 Å². The van der Waals surface area contributed by atoms with E-state index in [1.165, 1.54) is 0 Å². The standard InChI is InChI=1S/C10H9N3O2/c14-7-3-9-8(10(15)4-7)1-2-12-5-11-6-13(9)12/h1-2,5H,3-4,6H2. The van der Waals surface area contributed by atoms with Crippen molar-refractivity contribution in [2.24, 2.45) is 4.99 Å². The highest BCUT2D eigenvalue weighted by Crippen LogP contribution is 2.29. The van der Waals surface area contributed by atoms with E-state index in [4.69, 9.17) is 0 Å². The molecule has 2 heterocycles. The van der Waals surface area contributed by atoms with Crippen molar-refractivity contribution in [3.63, 3.8) is 0 Å². The molecule has 3 rings (SSSR count). The Morgan fingerprint density at radius 1 is 1.27 bits per heavy atom. The first-order valence-electron chi connectivity index (χ1n) is 4.78. The molecule has 15 heavy (non-hydrogen) atoms. The first kappa shape index (κ1) is 8.40. The Balaban J connectivity index is 2.06. The number of hydrogen-bond acceptors (Lipinski definition) is 5. The molecule has 0 fully saturated rings. The molecule has 0 amide bonds. The molecule has 0 spiro atoms. The molecule has 0 bridgehead atoms. The second kappa shape index (κ2) is 2.79. The smallest absolute Gasteiger partial charge is 0.172 e. The summed E-state index contributed by atoms with van der Waals surface area (Å²) in [5, 5.41) is 3.65. The third-order valence-electron chi connectivity index (χ3n) is 2.73. The fourth-order valence-electron chi connectivity index (χ4n) is 2.03. The quantitative estimate of drug-likeness (QED) is 0.528. The van der Waals surface area contributed by atoms with E-state index in [2.05, 4.69) is 4.99 Å². The number of nitrogens with zero attached hydrogens (tertiary/aromatic N) is 3. The maximum Gasteiger partial charge on any atom is 0.172 e. The number of Topliss-reactive ketones (excluding diaryl/α,β-unsaturated/α-hetero) is 2. The van der Waals surface area contributed by atoms with E-state index in [9.17, 15) is 9.59 Å². The normalized spacial score (nSPS) is 23.7. The number of rotatable bonds is 0. The van der Waals surface area contributed by atoms with Crippen molar-refractivity contribution in [3.05, 3.63) is 23.5 Å². The van der Waals surface area contributed by atoms with E-state index in [1.807, 2.05) is 5.01 Å². The molecule has 0 aromatic rings. The van der Waals surface area contributed by atoms with Crippen LogP contribution in [0.4, 0.5) is 0 Å². The molecule has 0 unspecified atom stereocenters. The molecule has 0 saturated heterocycles. The van der Waals surface area contributed by atoms with Crippen molar-refractivity contribution >= 4 is 17.9 Å². The van der Waals surface area contributed by atoms with Gasteiger partial charge in [0, 0.05) is 18.2 Å². The van der Waals surface area contributed by atoms with E-state index < -0.39 is 0 Å². The number of fused-ring (bicyclic) bond motifs is 2. The van der Waals surface area contributed by atoms with Crippen molar-refractivity contribution in [1.29, 1.82) is 0 Å². The zero-order valence-corrected chi connectivity index (χ0v) is 8.01. The van der Waals surface area contributed by atoms with Crippen LogP contribution in [0.1, 0.15) is 12.8 Å². The summed E-state index contributed by atoms with van der Waals surface area (Å²) in [6.07, 6.45) is 5.62. The lowest BCUT2D eigenvalue weighted by atomic mass is 9.93. The number of aliphatic imine (C=N–C) groups is 1. The lowest BCUT2D eigenvalue weighted by Crippen LogP contribution is -2.39. The zero-order chi connectivity index (χ0) is 10.4. The molecule has 0 atom stereocenters. The second-order valence-electron chi connectivity index (χ2n) is 3.71. The largest absolute Gasteiger partial charge is 0.299 e. The van der Waals surface area contributed by atoms with Gasteiger partial charge < -0.3 is 0 Å². The molecule has 76 valence electrons. The molecule has 5 nitrogen and oxygen atoms in total. The summed E-state index contributed by atoms with van der Waals surface area (Å²) >= 11 is 0. The van der Waals surface area contributed by atoms with Gasteiger partial charge in [0.1, 0.15) is 18.8 Å². The van der Waals surface area contributed by atoms with E-state index in [-0.39, 0.29) is 18.0 Å². The van der Waals surface area contributed by atoms with Crippen molar-refractivity contribution in [2.45, 2.75) is 12.8 Å². The van der Waals surface area contributed by atoms with Gasteiger partial charge in [-0.1, -0.05) is 0 Å². The Morgan fingerprint density at radius 2 is 2.13 bits per heavy atom. The number of carbonyl (C=O) groups is 2. The number of hydrogen-bond donors (Lipinski definition) is 0. The minimum absolute atomic E-state index is 0.0131. The van der Waals surface area contributed by atoms with E-state index in [0.29, 0.717) is 18.7 Å². The van der Waals surface area contributed by atoms with Gasteiger partial charge in [-0.3, -0.25) is 19.6 Å². The Hall–Kier alpha value is -1.91. The topological polar surface area (TPSA) is 53.0 Å². The van der Waals surface area contributed by atoms with Crippen molar-refractivity contribution in [2.75, 3.05) is 6.67 Å². The number of ketones is 2. The van der Waals surface area contributed by atoms with Gasteiger partial charge in [-0.2, -0.15) is 0 Å². The Morgan fingerprint density at radius 3 is 3.00 bits per heavy atom. The fourth-order valence-corrected chi connectivity index (χ4v) is 2.03. The van der Waals surface area contributed by atoms with Gasteiger partial charge in [0.2, 0.25) is 0 Å². The van der Waals surface area contributed by atoms with Crippen LogP contribution < -0.4 is 0 Å². The van der Waals surface area contributed by atoms with Crippen molar-refractivity contribution < 1.29 is 9.59 Å². The minimum Gasteiger partial charge on any atom is -0.299 e. The number of carbonyl (C=O) groups excluding carboxylic acids is 2. The lowest BCUT2D eigenvalue weighted by molar-refractivity contribution is -0.126. The van der Waals surface area contributed by atoms with E-state index in [0.717, 1.165) is 5.70 Å². The van der Waals surface area contributed by atoms with Crippen LogP contribution in [0.2, 0.25) is 0 Å². The predicted octanol–water partition coefficient (Wildman–Crippen LogP) is 0.218. The third-order valence-corrected chi connectivity index (χ3v) is 2.73. The van der Waals surface area contributed by atoms with Crippen LogP contribution in [0, 0.1) is 0 Å². The lowest BCUT2D eigenvalue weighted by Gasteiger charge is -2.34. The summed E-state index contributed by atoms with van der Waals surface area (Å²) in [4.78, 5) is 27.1. The number of allylic oxidation sites excluding steroid dienone is 3. The van der Waals surface area contributed by atoms with Crippen molar-refractivity contribution in [3.8, 4) is 0 Å². The highest BCUT2D eigenvalue weighted by Gasteiger charge is 2.32. The molecule has 5 heteroatoms. The van der Waals surface area contributed by atoms with Crippen LogP contribution in [-0.2, 0) is 9.59 Å². The minimum atomic E-state index is -0.0796. The summed E-state index contributed by atoms with van der Waals surface area (Å²) in [5.74, 6) is -0.0926. The van der Waals surface area contributed by atoms with Crippen LogP contribution in [0.3, 0.4) is 0 Å². The van der Waals surface area contributed by atoms with Gasteiger partial charge in [0.05, 0.1) is 12.1 Å². The molecule has 2 aliphatic heterocycles. The summed E-state index contributed by atoms with van der Waals surface area (Å²) < 4.78 is 0. The molecule has 1 aliphatic carbocycles. The van der Waals surface area contributed by atoms with Crippen LogP contribution in [0.25, 0.3) is 0 Å². The van der Waals surface area contributed by atoms with Gasteiger partial charge in [0.25, 0.3) is 0 Å². The molecule has 3 aliphatic rings. The maximum absolute atomic E-state index is 11.6.